The van der Waals surface area contributed by atoms with Crippen molar-refractivity contribution < 1.29 is 13.2 Å². The molecule has 0 bridgehead atoms. The topological polar surface area (TPSA) is 26.5 Å². The summed E-state index contributed by atoms with van der Waals surface area (Å²) >= 11 is 5.91. The Bertz CT molecular complexity index is 996. The third-order valence-electron chi connectivity index (χ3n) is 5.30. The van der Waals surface area contributed by atoms with Crippen molar-refractivity contribution in [1.82, 2.24) is 9.38 Å². The van der Waals surface area contributed by atoms with E-state index in [2.05, 4.69) is 38.8 Å². The zero-order chi connectivity index (χ0) is 20.0. The molecule has 0 atom stereocenters. The van der Waals surface area contributed by atoms with Crippen LogP contribution in [0.2, 0.25) is 23.3 Å². The Morgan fingerprint density at radius 3 is 2.48 bits per heavy atom. The fourth-order valence-corrected chi connectivity index (χ4v) is 3.67. The van der Waals surface area contributed by atoms with Crippen LogP contribution >= 0.6 is 11.6 Å². The molecular weight excluding hydrogens is 386 g/mol. The molecule has 3 nitrogen and oxygen atoms in total. The molecule has 144 valence electrons. The van der Waals surface area contributed by atoms with Crippen LogP contribution in [-0.4, -0.2) is 17.7 Å². The lowest BCUT2D eigenvalue weighted by atomic mass is 10.0. The fourth-order valence-electron chi connectivity index (χ4n) is 2.54. The van der Waals surface area contributed by atoms with Crippen molar-refractivity contribution in [3.63, 3.8) is 0 Å². The maximum Gasteiger partial charge on any atom is 0.192 e. The molecule has 0 spiro atoms. The molecule has 0 aliphatic carbocycles. The highest BCUT2D eigenvalue weighted by atomic mass is 35.5. The predicted octanol–water partition coefficient (Wildman–Crippen LogP) is 6.45. The normalized spacial score (nSPS) is 12.7. The number of nitrogens with zero attached hydrogens (tertiary/aromatic N) is 2. The Balaban J connectivity index is 1.97. The highest BCUT2D eigenvalue weighted by molar-refractivity contribution is 6.74. The molecule has 0 radical (unpaired) electrons. The van der Waals surface area contributed by atoms with Crippen LogP contribution in [0, 0.1) is 11.6 Å². The van der Waals surface area contributed by atoms with E-state index in [0.717, 1.165) is 0 Å². The Labute approximate surface area is 164 Å². The van der Waals surface area contributed by atoms with Gasteiger partial charge < -0.3 is 8.83 Å². The van der Waals surface area contributed by atoms with Crippen LogP contribution in [0.5, 0.6) is 0 Å². The molecule has 0 saturated carbocycles. The van der Waals surface area contributed by atoms with Gasteiger partial charge in [0.1, 0.15) is 22.4 Å². The monoisotopic (exact) mass is 408 g/mol. The number of pyridine rings is 1. The molecule has 2 heterocycles. The van der Waals surface area contributed by atoms with Gasteiger partial charge in [-0.2, -0.15) is 0 Å². The van der Waals surface area contributed by atoms with Crippen molar-refractivity contribution in [3.05, 3.63) is 59.0 Å². The largest absolute Gasteiger partial charge is 0.412 e. The van der Waals surface area contributed by atoms with Gasteiger partial charge >= 0.3 is 0 Å². The smallest absolute Gasteiger partial charge is 0.192 e. The number of fused-ring (bicyclic) bond motifs is 1. The molecule has 0 N–H and O–H groups in total. The van der Waals surface area contributed by atoms with E-state index in [1.807, 2.05) is 0 Å². The van der Waals surface area contributed by atoms with Crippen molar-refractivity contribution in [1.29, 1.82) is 0 Å². The number of rotatable bonds is 4. The highest BCUT2D eigenvalue weighted by Crippen LogP contribution is 2.38. The van der Waals surface area contributed by atoms with Crippen molar-refractivity contribution in [2.75, 3.05) is 0 Å². The number of hydrogen-bond acceptors (Lipinski definition) is 2. The summed E-state index contributed by atoms with van der Waals surface area (Å²) in [4.78, 5) is 4.14. The van der Waals surface area contributed by atoms with Crippen LogP contribution in [0.1, 0.15) is 26.3 Å². The first-order valence-electron chi connectivity index (χ1n) is 8.75. The third-order valence-corrected chi connectivity index (χ3v) is 9.96. The average molecular weight is 409 g/mol. The van der Waals surface area contributed by atoms with Crippen molar-refractivity contribution >= 4 is 25.6 Å². The van der Waals surface area contributed by atoms with E-state index >= 15 is 4.39 Å². The van der Waals surface area contributed by atoms with Gasteiger partial charge in [0.25, 0.3) is 0 Å². The summed E-state index contributed by atoms with van der Waals surface area (Å²) in [7, 11) is -2.12. The lowest BCUT2D eigenvalue weighted by Crippen LogP contribution is -2.40. The molecule has 0 unspecified atom stereocenters. The van der Waals surface area contributed by atoms with Gasteiger partial charge in [0.15, 0.2) is 8.32 Å². The summed E-state index contributed by atoms with van der Waals surface area (Å²) in [5, 5.41) is 0.318. The van der Waals surface area contributed by atoms with Crippen LogP contribution in [0.3, 0.4) is 0 Å². The molecular formula is C20H23ClF2N2OSi. The second kappa shape index (κ2) is 7.00. The van der Waals surface area contributed by atoms with Crippen LogP contribution in [0.15, 0.2) is 36.7 Å². The first kappa shape index (κ1) is 20.0. The molecule has 0 amide bonds. The summed E-state index contributed by atoms with van der Waals surface area (Å²) in [6.07, 6.45) is 3.37. The minimum Gasteiger partial charge on any atom is -0.412 e. The van der Waals surface area contributed by atoms with Gasteiger partial charge in [-0.3, -0.25) is 0 Å². The van der Waals surface area contributed by atoms with Crippen LogP contribution in [0.25, 0.3) is 16.8 Å². The van der Waals surface area contributed by atoms with E-state index in [0.29, 0.717) is 21.9 Å². The van der Waals surface area contributed by atoms with Crippen molar-refractivity contribution in [3.8, 4) is 11.1 Å². The fraction of sp³-hybridized carbons (Fsp3) is 0.350. The molecule has 3 aromatic rings. The SMILES string of the molecule is CC(C)(C)[Si](C)(C)OCc1c(F)ccc(-c2ccc3nc(Cl)cn3c2)c1F. The van der Waals surface area contributed by atoms with Crippen molar-refractivity contribution in [2.45, 2.75) is 45.5 Å². The molecule has 2 aromatic heterocycles. The molecule has 27 heavy (non-hydrogen) atoms. The van der Waals surface area contributed by atoms with Gasteiger partial charge in [0.05, 0.1) is 6.61 Å². The highest BCUT2D eigenvalue weighted by Gasteiger charge is 2.37. The van der Waals surface area contributed by atoms with Gasteiger partial charge in [0.2, 0.25) is 0 Å². The summed E-state index contributed by atoms with van der Waals surface area (Å²) in [6, 6.07) is 6.22. The van der Waals surface area contributed by atoms with E-state index < -0.39 is 20.0 Å². The van der Waals surface area contributed by atoms with Gasteiger partial charge in [-0.1, -0.05) is 32.4 Å². The second-order valence-corrected chi connectivity index (χ2v) is 13.4. The molecule has 0 aliphatic heterocycles. The molecule has 0 saturated heterocycles. The van der Waals surface area contributed by atoms with E-state index in [4.69, 9.17) is 16.0 Å². The molecule has 0 aliphatic rings. The van der Waals surface area contributed by atoms with Gasteiger partial charge in [0, 0.05) is 29.1 Å². The average Bonchev–Trinajstić information content (AvgIpc) is 2.92. The van der Waals surface area contributed by atoms with Gasteiger partial charge in [-0.05, 0) is 42.4 Å². The summed E-state index contributed by atoms with van der Waals surface area (Å²) in [5.41, 5.74) is 1.55. The van der Waals surface area contributed by atoms with Gasteiger partial charge in [-0.15, -0.1) is 0 Å². The zero-order valence-corrected chi connectivity index (χ0v) is 17.9. The lowest BCUT2D eigenvalue weighted by Gasteiger charge is -2.36. The maximum atomic E-state index is 15.1. The van der Waals surface area contributed by atoms with Crippen LogP contribution < -0.4 is 0 Å². The summed E-state index contributed by atoms with van der Waals surface area (Å²) in [5.74, 6) is -1.19. The lowest BCUT2D eigenvalue weighted by molar-refractivity contribution is 0.265. The standard InChI is InChI=1S/C20H23ClF2N2OSi/c1-20(2,3)27(4,5)26-12-15-16(22)8-7-14(19(15)23)13-6-9-18-24-17(21)11-25(18)10-13/h6-11H,12H2,1-5H3. The number of halogens is 3. The molecule has 0 fully saturated rings. The van der Waals surface area contributed by atoms with Gasteiger partial charge in [-0.25, -0.2) is 13.8 Å². The number of benzene rings is 1. The van der Waals surface area contributed by atoms with E-state index in [1.165, 1.54) is 12.1 Å². The predicted molar refractivity (Wildman–Crippen MR) is 108 cm³/mol. The first-order valence-corrected chi connectivity index (χ1v) is 12.0. The Morgan fingerprint density at radius 2 is 1.81 bits per heavy atom. The summed E-state index contributed by atoms with van der Waals surface area (Å²) < 4.78 is 37.2. The Morgan fingerprint density at radius 1 is 1.11 bits per heavy atom. The Hall–Kier alpha value is -1.76. The minimum atomic E-state index is -2.12. The third kappa shape index (κ3) is 3.93. The Kier molecular flexibility index (Phi) is 5.18. The summed E-state index contributed by atoms with van der Waals surface area (Å²) in [6.45, 7) is 10.3. The van der Waals surface area contributed by atoms with E-state index in [-0.39, 0.29) is 17.2 Å². The second-order valence-electron chi connectivity index (χ2n) is 8.18. The first-order chi connectivity index (χ1) is 12.5. The zero-order valence-electron chi connectivity index (χ0n) is 16.1. The number of hydrogen-bond donors (Lipinski definition) is 0. The van der Waals surface area contributed by atoms with E-state index in [1.54, 1.807) is 28.9 Å². The number of aromatic nitrogens is 2. The molecule has 1 aromatic carbocycles. The quantitative estimate of drug-likeness (QED) is 0.463. The van der Waals surface area contributed by atoms with Crippen LogP contribution in [-0.2, 0) is 11.0 Å². The van der Waals surface area contributed by atoms with E-state index in [9.17, 15) is 4.39 Å². The van der Waals surface area contributed by atoms with Crippen molar-refractivity contribution in [2.24, 2.45) is 0 Å². The van der Waals surface area contributed by atoms with Crippen LogP contribution in [0.4, 0.5) is 8.78 Å². The molecule has 3 rings (SSSR count). The number of imidazole rings is 1. The minimum absolute atomic E-state index is 0.0384. The maximum absolute atomic E-state index is 15.1. The molecule has 7 heteroatoms.